The summed E-state index contributed by atoms with van der Waals surface area (Å²) in [4.78, 5) is 0. The molecule has 17 heavy (non-hydrogen) atoms. The van der Waals surface area contributed by atoms with Gasteiger partial charge >= 0.3 is 0 Å². The zero-order valence-corrected chi connectivity index (χ0v) is 11.9. The molecule has 2 nitrogen and oxygen atoms in total. The molecule has 1 aliphatic heterocycles. The van der Waals surface area contributed by atoms with Crippen molar-refractivity contribution < 1.29 is 4.74 Å². The number of nitrogens with one attached hydrogen (secondary N) is 1. The van der Waals surface area contributed by atoms with E-state index in [0.29, 0.717) is 5.41 Å². The second-order valence-electron chi connectivity index (χ2n) is 4.66. The van der Waals surface area contributed by atoms with Crippen LogP contribution >= 0.6 is 15.9 Å². The van der Waals surface area contributed by atoms with Crippen LogP contribution in [0.2, 0.25) is 0 Å². The van der Waals surface area contributed by atoms with E-state index in [4.69, 9.17) is 4.74 Å². The van der Waals surface area contributed by atoms with Crippen LogP contribution in [0.1, 0.15) is 25.3 Å². The van der Waals surface area contributed by atoms with Gasteiger partial charge in [-0.1, -0.05) is 34.1 Å². The van der Waals surface area contributed by atoms with Gasteiger partial charge in [-0.15, -0.1) is 0 Å². The molecule has 0 saturated carbocycles. The molecule has 94 valence electrons. The molecule has 0 aliphatic carbocycles. The fraction of sp³-hybridized carbons (Fsp3) is 0.571. The van der Waals surface area contributed by atoms with Crippen molar-refractivity contribution in [3.05, 3.63) is 34.3 Å². The van der Waals surface area contributed by atoms with Crippen LogP contribution in [0.3, 0.4) is 0 Å². The van der Waals surface area contributed by atoms with Gasteiger partial charge in [0.25, 0.3) is 0 Å². The Morgan fingerprint density at radius 2 is 2.12 bits per heavy atom. The highest BCUT2D eigenvalue weighted by atomic mass is 79.9. The first-order valence-electron chi connectivity index (χ1n) is 6.32. The Hall–Kier alpha value is -0.380. The summed E-state index contributed by atoms with van der Waals surface area (Å²) < 4.78 is 6.67. The van der Waals surface area contributed by atoms with E-state index in [1.54, 1.807) is 0 Å². The summed E-state index contributed by atoms with van der Waals surface area (Å²) in [5.74, 6) is 0. The smallest absolute Gasteiger partial charge is 0.0466 e. The summed E-state index contributed by atoms with van der Waals surface area (Å²) in [6, 6.07) is 8.58. The van der Waals surface area contributed by atoms with Crippen LogP contribution in [0.5, 0.6) is 0 Å². The first-order valence-corrected chi connectivity index (χ1v) is 7.11. The Morgan fingerprint density at radius 1 is 1.35 bits per heavy atom. The van der Waals surface area contributed by atoms with Crippen LogP contribution in [0.25, 0.3) is 0 Å². The lowest BCUT2D eigenvalue weighted by Crippen LogP contribution is -2.57. The minimum Gasteiger partial charge on any atom is -0.382 e. The predicted octanol–water partition coefficient (Wildman–Crippen LogP) is 3.11. The van der Waals surface area contributed by atoms with Crippen LogP contribution < -0.4 is 5.32 Å². The summed E-state index contributed by atoms with van der Waals surface area (Å²) in [6.07, 6.45) is 2.33. The molecule has 0 radical (unpaired) electrons. The van der Waals surface area contributed by atoms with E-state index in [-0.39, 0.29) is 0 Å². The molecule has 1 heterocycles. The molecule has 0 spiro atoms. The molecule has 1 aromatic rings. The molecule has 1 N–H and O–H groups in total. The number of hydrogen-bond acceptors (Lipinski definition) is 2. The van der Waals surface area contributed by atoms with Gasteiger partial charge in [0.1, 0.15) is 0 Å². The molecular formula is C14H20BrNO. The Kier molecular flexibility index (Phi) is 4.60. The molecule has 1 saturated heterocycles. The summed E-state index contributed by atoms with van der Waals surface area (Å²) in [5, 5.41) is 3.41. The summed E-state index contributed by atoms with van der Waals surface area (Å²) >= 11 is 3.67. The van der Waals surface area contributed by atoms with Gasteiger partial charge in [-0.05, 0) is 31.4 Å². The molecule has 1 fully saturated rings. The Bertz CT molecular complexity index is 363. The van der Waals surface area contributed by atoms with E-state index < -0.39 is 0 Å². The normalized spacial score (nSPS) is 17.8. The van der Waals surface area contributed by atoms with E-state index in [1.165, 1.54) is 16.5 Å². The molecule has 1 aliphatic rings. The minimum absolute atomic E-state index is 0.317. The Labute approximate surface area is 112 Å². The van der Waals surface area contributed by atoms with Gasteiger partial charge in [0, 0.05) is 36.2 Å². The van der Waals surface area contributed by atoms with Crippen molar-refractivity contribution in [2.75, 3.05) is 26.3 Å². The lowest BCUT2D eigenvalue weighted by molar-refractivity contribution is 0.129. The number of halogens is 1. The van der Waals surface area contributed by atoms with E-state index in [2.05, 4.69) is 52.4 Å². The van der Waals surface area contributed by atoms with Gasteiger partial charge in [-0.3, -0.25) is 0 Å². The highest BCUT2D eigenvalue weighted by Crippen LogP contribution is 2.37. The summed E-state index contributed by atoms with van der Waals surface area (Å²) in [5.41, 5.74) is 1.76. The van der Waals surface area contributed by atoms with Crippen LogP contribution in [0.15, 0.2) is 28.7 Å². The van der Waals surface area contributed by atoms with Crippen LogP contribution in [-0.2, 0) is 10.2 Å². The van der Waals surface area contributed by atoms with Gasteiger partial charge in [0.15, 0.2) is 0 Å². The quantitative estimate of drug-likeness (QED) is 0.815. The first-order chi connectivity index (χ1) is 8.28. The average Bonchev–Trinajstić information content (AvgIpc) is 2.29. The summed E-state index contributed by atoms with van der Waals surface area (Å²) in [7, 11) is 0. The third kappa shape index (κ3) is 2.90. The van der Waals surface area contributed by atoms with Crippen molar-refractivity contribution in [1.82, 2.24) is 5.32 Å². The maximum atomic E-state index is 5.43. The van der Waals surface area contributed by atoms with Crippen molar-refractivity contribution in [2.24, 2.45) is 0 Å². The molecule has 2 rings (SSSR count). The first kappa shape index (κ1) is 13.1. The third-order valence-corrected chi connectivity index (χ3v) is 4.21. The highest BCUT2D eigenvalue weighted by Gasteiger charge is 2.39. The van der Waals surface area contributed by atoms with Crippen molar-refractivity contribution in [2.45, 2.75) is 25.2 Å². The fourth-order valence-corrected chi connectivity index (χ4v) is 3.18. The van der Waals surface area contributed by atoms with E-state index in [0.717, 1.165) is 32.7 Å². The maximum Gasteiger partial charge on any atom is 0.0466 e. The number of ether oxygens (including phenoxy) is 1. The topological polar surface area (TPSA) is 21.3 Å². The monoisotopic (exact) mass is 297 g/mol. The SMILES string of the molecule is CCOCCCC1(c2ccccc2Br)CNC1. The van der Waals surface area contributed by atoms with E-state index >= 15 is 0 Å². The van der Waals surface area contributed by atoms with Crippen LogP contribution in [-0.4, -0.2) is 26.3 Å². The number of benzene rings is 1. The van der Waals surface area contributed by atoms with Crippen molar-refractivity contribution >= 4 is 15.9 Å². The lowest BCUT2D eigenvalue weighted by atomic mass is 9.72. The highest BCUT2D eigenvalue weighted by molar-refractivity contribution is 9.10. The van der Waals surface area contributed by atoms with Crippen LogP contribution in [0, 0.1) is 0 Å². The predicted molar refractivity (Wildman–Crippen MR) is 74.4 cm³/mol. The molecule has 0 amide bonds. The van der Waals surface area contributed by atoms with E-state index in [9.17, 15) is 0 Å². The molecular weight excluding hydrogens is 278 g/mol. The lowest BCUT2D eigenvalue weighted by Gasteiger charge is -2.44. The Morgan fingerprint density at radius 3 is 2.71 bits per heavy atom. The van der Waals surface area contributed by atoms with Crippen molar-refractivity contribution in [3.63, 3.8) is 0 Å². The van der Waals surface area contributed by atoms with E-state index in [1.807, 2.05) is 0 Å². The molecule has 3 heteroatoms. The standard InChI is InChI=1S/C14H20BrNO/c1-2-17-9-5-8-14(10-16-11-14)12-6-3-4-7-13(12)15/h3-4,6-7,16H,2,5,8-11H2,1H3. The number of hydrogen-bond donors (Lipinski definition) is 1. The summed E-state index contributed by atoms with van der Waals surface area (Å²) in [6.45, 7) is 5.92. The second kappa shape index (κ2) is 5.98. The third-order valence-electron chi connectivity index (χ3n) is 3.52. The van der Waals surface area contributed by atoms with Gasteiger partial charge in [0.05, 0.1) is 0 Å². The minimum atomic E-state index is 0.317. The average molecular weight is 298 g/mol. The Balaban J connectivity index is 2.02. The maximum absolute atomic E-state index is 5.43. The second-order valence-corrected chi connectivity index (χ2v) is 5.52. The van der Waals surface area contributed by atoms with Gasteiger partial charge < -0.3 is 10.1 Å². The van der Waals surface area contributed by atoms with Gasteiger partial charge in [-0.2, -0.15) is 0 Å². The molecule has 0 bridgehead atoms. The molecule has 0 atom stereocenters. The molecule has 0 aromatic heterocycles. The van der Waals surface area contributed by atoms with Crippen molar-refractivity contribution in [1.29, 1.82) is 0 Å². The largest absolute Gasteiger partial charge is 0.382 e. The zero-order valence-electron chi connectivity index (χ0n) is 10.3. The van der Waals surface area contributed by atoms with Gasteiger partial charge in [0.2, 0.25) is 0 Å². The van der Waals surface area contributed by atoms with Crippen molar-refractivity contribution in [3.8, 4) is 0 Å². The molecule has 0 unspecified atom stereocenters. The zero-order chi connectivity index (χ0) is 12.1. The number of rotatable bonds is 6. The van der Waals surface area contributed by atoms with Gasteiger partial charge in [-0.25, -0.2) is 0 Å². The molecule has 1 aromatic carbocycles. The fourth-order valence-electron chi connectivity index (χ4n) is 2.48. The van der Waals surface area contributed by atoms with Crippen LogP contribution in [0.4, 0.5) is 0 Å².